The Morgan fingerprint density at radius 3 is 2.40 bits per heavy atom. The highest BCUT2D eigenvalue weighted by Gasteiger charge is 2.30. The Kier molecular flexibility index (Phi) is 7.69. The number of aromatic nitrogens is 5. The third-order valence-electron chi connectivity index (χ3n) is 8.37. The Bertz CT molecular complexity index is 1600. The Hall–Kier alpha value is -4.60. The first-order valence-electron chi connectivity index (χ1n) is 14.8. The molecule has 4 heterocycles. The number of anilines is 2. The van der Waals surface area contributed by atoms with Crippen molar-refractivity contribution in [3.8, 4) is 11.4 Å². The average Bonchev–Trinajstić information content (AvgIpc) is 3.38. The summed E-state index contributed by atoms with van der Waals surface area (Å²) in [5, 5.41) is 11.3. The van der Waals surface area contributed by atoms with Crippen LogP contribution in [0.1, 0.15) is 69.8 Å². The van der Waals surface area contributed by atoms with Crippen molar-refractivity contribution >= 4 is 23.5 Å². The first-order valence-corrected chi connectivity index (χ1v) is 14.8. The zero-order valence-electron chi connectivity index (χ0n) is 24.4. The number of likely N-dealkylation sites (tertiary alicyclic amines) is 1. The topological polar surface area (TPSA) is 118 Å². The molecule has 1 saturated heterocycles. The molecular formula is C32H36N8O2. The van der Waals surface area contributed by atoms with Gasteiger partial charge in [-0.3, -0.25) is 19.3 Å². The second-order valence-corrected chi connectivity index (χ2v) is 10.9. The minimum absolute atomic E-state index is 0.0357. The van der Waals surface area contributed by atoms with Gasteiger partial charge in [0.05, 0.1) is 11.4 Å². The van der Waals surface area contributed by atoms with Crippen molar-refractivity contribution < 1.29 is 9.59 Å². The number of pyridine rings is 1. The number of benzene rings is 1. The van der Waals surface area contributed by atoms with Crippen LogP contribution in [0.15, 0.2) is 48.9 Å². The molecule has 6 rings (SSSR count). The third kappa shape index (κ3) is 5.24. The Balaban J connectivity index is 1.18. The zero-order valence-corrected chi connectivity index (χ0v) is 24.4. The van der Waals surface area contributed by atoms with E-state index < -0.39 is 0 Å². The summed E-state index contributed by atoms with van der Waals surface area (Å²) < 4.78 is 1.77. The number of hydrogen-bond acceptors (Lipinski definition) is 7. The molecule has 0 spiro atoms. The van der Waals surface area contributed by atoms with E-state index >= 15 is 0 Å². The normalized spacial score (nSPS) is 14.7. The number of carbonyl (C=O) groups excluding carboxylic acids is 2. The van der Waals surface area contributed by atoms with Crippen molar-refractivity contribution in [2.24, 2.45) is 7.05 Å². The second-order valence-electron chi connectivity index (χ2n) is 10.9. The highest BCUT2D eigenvalue weighted by molar-refractivity contribution is 6.06. The molecule has 4 aromatic rings. The van der Waals surface area contributed by atoms with E-state index in [9.17, 15) is 9.59 Å². The van der Waals surface area contributed by atoms with E-state index in [1.54, 1.807) is 29.2 Å². The van der Waals surface area contributed by atoms with Gasteiger partial charge in [0, 0.05) is 61.6 Å². The van der Waals surface area contributed by atoms with Crippen LogP contribution in [0.5, 0.6) is 0 Å². The summed E-state index contributed by atoms with van der Waals surface area (Å²) in [5.74, 6) is 0.400. The standard InChI is InChI=1S/C32H36N8O2/c1-4-20-7-6-8-21(5-2)26(20)36-30(41)28-25-10-9-23-19-34-32(37-27(23)29(25)39(3)38-28)35-24-13-17-40(18-14-24)31(42)22-11-15-33-16-12-22/h6-8,11-12,15-16,19,24H,4-5,9-10,13-14,17-18H2,1-3H3,(H,36,41)(H,34,35,37). The highest BCUT2D eigenvalue weighted by atomic mass is 16.2. The van der Waals surface area contributed by atoms with Gasteiger partial charge in [0.1, 0.15) is 0 Å². The van der Waals surface area contributed by atoms with Crippen molar-refractivity contribution in [3.05, 3.63) is 82.4 Å². The fraction of sp³-hybridized carbons (Fsp3) is 0.375. The number of nitrogens with one attached hydrogen (secondary N) is 2. The van der Waals surface area contributed by atoms with Crippen LogP contribution in [0.2, 0.25) is 0 Å². The third-order valence-corrected chi connectivity index (χ3v) is 8.37. The van der Waals surface area contributed by atoms with Crippen LogP contribution in [-0.4, -0.2) is 60.6 Å². The van der Waals surface area contributed by atoms with Gasteiger partial charge in [0.25, 0.3) is 11.8 Å². The molecule has 2 N–H and O–H groups in total. The number of nitrogens with zero attached hydrogens (tertiary/aromatic N) is 6. The second kappa shape index (κ2) is 11.7. The van der Waals surface area contributed by atoms with Gasteiger partial charge in [-0.2, -0.15) is 5.10 Å². The molecule has 3 aromatic heterocycles. The fourth-order valence-corrected chi connectivity index (χ4v) is 6.07. The lowest BCUT2D eigenvalue weighted by atomic mass is 9.93. The number of piperidine rings is 1. The fourth-order valence-electron chi connectivity index (χ4n) is 6.07. The molecule has 216 valence electrons. The quantitative estimate of drug-likeness (QED) is 0.340. The van der Waals surface area contributed by atoms with E-state index in [2.05, 4.69) is 51.7 Å². The van der Waals surface area contributed by atoms with Gasteiger partial charge in [-0.1, -0.05) is 32.0 Å². The van der Waals surface area contributed by atoms with Crippen LogP contribution in [0.3, 0.4) is 0 Å². The summed E-state index contributed by atoms with van der Waals surface area (Å²) >= 11 is 0. The summed E-state index contributed by atoms with van der Waals surface area (Å²) in [7, 11) is 1.87. The van der Waals surface area contributed by atoms with E-state index in [0.717, 1.165) is 71.4 Å². The van der Waals surface area contributed by atoms with Crippen molar-refractivity contribution in [1.29, 1.82) is 0 Å². The lowest BCUT2D eigenvalue weighted by molar-refractivity contribution is 0.0718. The first kappa shape index (κ1) is 27.6. The smallest absolute Gasteiger partial charge is 0.276 e. The first-order chi connectivity index (χ1) is 20.5. The summed E-state index contributed by atoms with van der Waals surface area (Å²) in [5.41, 5.74) is 7.89. The molecular weight excluding hydrogens is 528 g/mol. The van der Waals surface area contributed by atoms with Crippen molar-refractivity contribution in [1.82, 2.24) is 29.6 Å². The molecule has 1 fully saturated rings. The Morgan fingerprint density at radius 2 is 1.71 bits per heavy atom. The van der Waals surface area contributed by atoms with Gasteiger partial charge >= 0.3 is 0 Å². The molecule has 0 bridgehead atoms. The SMILES string of the molecule is CCc1cccc(CC)c1NC(=O)c1nn(C)c2c1CCc1cnc(NC3CCN(C(=O)c4ccncc4)CC3)nc1-2. The number of aryl methyl sites for hydroxylation is 4. The summed E-state index contributed by atoms with van der Waals surface area (Å²) in [4.78, 5) is 41.8. The van der Waals surface area contributed by atoms with Crippen LogP contribution in [0.4, 0.5) is 11.6 Å². The maximum atomic E-state index is 13.6. The van der Waals surface area contributed by atoms with Crippen LogP contribution >= 0.6 is 0 Å². The number of para-hydroxylation sites is 1. The molecule has 10 nitrogen and oxygen atoms in total. The maximum Gasteiger partial charge on any atom is 0.276 e. The number of fused-ring (bicyclic) bond motifs is 3. The number of hydrogen-bond donors (Lipinski definition) is 2. The predicted molar refractivity (Wildman–Crippen MR) is 162 cm³/mol. The Morgan fingerprint density at radius 1 is 1.00 bits per heavy atom. The summed E-state index contributed by atoms with van der Waals surface area (Å²) in [6, 6.07) is 9.83. The molecule has 1 aromatic carbocycles. The molecule has 0 saturated carbocycles. The van der Waals surface area contributed by atoms with Crippen LogP contribution in [-0.2, 0) is 32.7 Å². The van der Waals surface area contributed by atoms with Crippen LogP contribution in [0, 0.1) is 0 Å². The van der Waals surface area contributed by atoms with E-state index in [4.69, 9.17) is 4.98 Å². The lowest BCUT2D eigenvalue weighted by Crippen LogP contribution is -2.42. The maximum absolute atomic E-state index is 13.6. The lowest BCUT2D eigenvalue weighted by Gasteiger charge is -2.32. The van der Waals surface area contributed by atoms with E-state index in [0.29, 0.717) is 36.7 Å². The van der Waals surface area contributed by atoms with Crippen molar-refractivity contribution in [3.63, 3.8) is 0 Å². The Labute approximate surface area is 245 Å². The van der Waals surface area contributed by atoms with E-state index in [1.807, 2.05) is 24.2 Å². The molecule has 1 aliphatic carbocycles. The number of rotatable bonds is 7. The van der Waals surface area contributed by atoms with Crippen molar-refractivity contribution in [2.75, 3.05) is 23.7 Å². The minimum atomic E-state index is -0.189. The van der Waals surface area contributed by atoms with Gasteiger partial charge in [0.15, 0.2) is 5.69 Å². The largest absolute Gasteiger partial charge is 0.351 e. The molecule has 10 heteroatoms. The molecule has 2 aliphatic rings. The molecule has 2 amide bonds. The number of amides is 2. The van der Waals surface area contributed by atoms with Gasteiger partial charge in [-0.15, -0.1) is 0 Å². The molecule has 1 aliphatic heterocycles. The average molecular weight is 565 g/mol. The molecule has 0 unspecified atom stereocenters. The summed E-state index contributed by atoms with van der Waals surface area (Å²) in [6.45, 7) is 5.52. The molecule has 42 heavy (non-hydrogen) atoms. The minimum Gasteiger partial charge on any atom is -0.351 e. The van der Waals surface area contributed by atoms with Crippen LogP contribution in [0.25, 0.3) is 11.4 Å². The number of carbonyl (C=O) groups is 2. The van der Waals surface area contributed by atoms with Crippen molar-refractivity contribution in [2.45, 2.75) is 58.4 Å². The van der Waals surface area contributed by atoms with Gasteiger partial charge in [0.2, 0.25) is 5.95 Å². The molecule has 0 atom stereocenters. The van der Waals surface area contributed by atoms with Gasteiger partial charge in [-0.25, -0.2) is 9.97 Å². The monoisotopic (exact) mass is 564 g/mol. The highest BCUT2D eigenvalue weighted by Crippen LogP contribution is 2.35. The molecule has 0 radical (unpaired) electrons. The summed E-state index contributed by atoms with van der Waals surface area (Å²) in [6.07, 6.45) is 9.90. The zero-order chi connectivity index (χ0) is 29.2. The predicted octanol–water partition coefficient (Wildman–Crippen LogP) is 4.46. The van der Waals surface area contributed by atoms with E-state index in [-0.39, 0.29) is 17.9 Å². The van der Waals surface area contributed by atoms with Crippen LogP contribution < -0.4 is 10.6 Å². The van der Waals surface area contributed by atoms with E-state index in [1.165, 1.54) is 0 Å². The van der Waals surface area contributed by atoms with Gasteiger partial charge < -0.3 is 15.5 Å². The van der Waals surface area contributed by atoms with Gasteiger partial charge in [-0.05, 0) is 67.3 Å².